The maximum absolute atomic E-state index is 13.4. The Morgan fingerprint density at radius 2 is 2.11 bits per heavy atom. The van der Waals surface area contributed by atoms with Gasteiger partial charge in [0.2, 0.25) is 5.91 Å². The monoisotopic (exact) mass is 285 g/mol. The van der Waals surface area contributed by atoms with Crippen LogP contribution in [0.2, 0.25) is 0 Å². The van der Waals surface area contributed by atoms with Gasteiger partial charge in [0.15, 0.2) is 0 Å². The maximum Gasteiger partial charge on any atom is 0.233 e. The van der Waals surface area contributed by atoms with Crippen LogP contribution >= 0.6 is 11.8 Å². The summed E-state index contributed by atoms with van der Waals surface area (Å²) in [7, 11) is 0. The molecule has 1 amide bonds. The zero-order chi connectivity index (χ0) is 14.3. The van der Waals surface area contributed by atoms with Crippen molar-refractivity contribution in [2.45, 2.75) is 31.2 Å². The molecule has 19 heavy (non-hydrogen) atoms. The molecule has 5 heteroatoms. The number of amides is 1. The fraction of sp³-hybridized carbons (Fsp3) is 0.500. The Morgan fingerprint density at radius 1 is 1.42 bits per heavy atom. The highest BCUT2D eigenvalue weighted by Crippen LogP contribution is 2.21. The van der Waals surface area contributed by atoms with Gasteiger partial charge >= 0.3 is 0 Å². The molecule has 1 N–H and O–H groups in total. The first-order valence-electron chi connectivity index (χ1n) is 6.34. The Kier molecular flexibility index (Phi) is 6.87. The van der Waals surface area contributed by atoms with Crippen molar-refractivity contribution in [2.75, 3.05) is 18.9 Å². The lowest BCUT2D eigenvalue weighted by atomic mass is 10.3. The Labute approximate surface area is 117 Å². The molecule has 0 saturated heterocycles. The van der Waals surface area contributed by atoms with Crippen molar-refractivity contribution < 1.29 is 14.3 Å². The molecule has 0 aliphatic heterocycles. The summed E-state index contributed by atoms with van der Waals surface area (Å²) in [5.74, 6) is -0.117. The molecule has 0 spiro atoms. The van der Waals surface area contributed by atoms with Gasteiger partial charge in [-0.1, -0.05) is 12.1 Å². The number of thioether (sulfide) groups is 1. The van der Waals surface area contributed by atoms with Crippen LogP contribution in [0.1, 0.15) is 20.3 Å². The predicted octanol–water partition coefficient (Wildman–Crippen LogP) is 2.54. The summed E-state index contributed by atoms with van der Waals surface area (Å²) in [5, 5.41) is 8.83. The van der Waals surface area contributed by atoms with Gasteiger partial charge in [-0.15, -0.1) is 11.8 Å². The van der Waals surface area contributed by atoms with Gasteiger partial charge in [0.05, 0.1) is 5.75 Å². The molecule has 0 fully saturated rings. The summed E-state index contributed by atoms with van der Waals surface area (Å²) >= 11 is 1.21. The highest BCUT2D eigenvalue weighted by molar-refractivity contribution is 8.00. The van der Waals surface area contributed by atoms with Crippen molar-refractivity contribution in [3.63, 3.8) is 0 Å². The van der Waals surface area contributed by atoms with E-state index in [1.807, 2.05) is 13.8 Å². The molecule has 3 nitrogen and oxygen atoms in total. The van der Waals surface area contributed by atoms with Crippen molar-refractivity contribution in [3.8, 4) is 0 Å². The van der Waals surface area contributed by atoms with Crippen molar-refractivity contribution in [3.05, 3.63) is 30.1 Å². The second kappa shape index (κ2) is 8.17. The van der Waals surface area contributed by atoms with Crippen molar-refractivity contribution >= 4 is 17.7 Å². The number of halogens is 1. The van der Waals surface area contributed by atoms with Gasteiger partial charge in [-0.25, -0.2) is 4.39 Å². The van der Waals surface area contributed by atoms with Crippen LogP contribution in [-0.2, 0) is 4.79 Å². The second-order valence-electron chi connectivity index (χ2n) is 4.48. The number of aliphatic hydroxyl groups is 1. The van der Waals surface area contributed by atoms with Gasteiger partial charge in [-0.2, -0.15) is 0 Å². The number of rotatable bonds is 7. The number of benzene rings is 1. The van der Waals surface area contributed by atoms with Crippen LogP contribution < -0.4 is 0 Å². The van der Waals surface area contributed by atoms with E-state index in [1.54, 1.807) is 23.1 Å². The van der Waals surface area contributed by atoms with Gasteiger partial charge in [-0.05, 0) is 32.4 Å². The molecule has 0 unspecified atom stereocenters. The van der Waals surface area contributed by atoms with Gasteiger partial charge in [0.25, 0.3) is 0 Å². The lowest BCUT2D eigenvalue weighted by Gasteiger charge is -2.26. The number of hydrogen-bond acceptors (Lipinski definition) is 3. The Hall–Kier alpha value is -1.07. The molecule has 0 saturated carbocycles. The molecular formula is C14H20FNO2S. The van der Waals surface area contributed by atoms with Crippen LogP contribution in [0.25, 0.3) is 0 Å². The average Bonchev–Trinajstić information content (AvgIpc) is 2.38. The van der Waals surface area contributed by atoms with Crippen LogP contribution in [0, 0.1) is 5.82 Å². The predicted molar refractivity (Wildman–Crippen MR) is 75.7 cm³/mol. The fourth-order valence-corrected chi connectivity index (χ4v) is 2.52. The third kappa shape index (κ3) is 5.20. The minimum atomic E-state index is -0.299. The van der Waals surface area contributed by atoms with E-state index >= 15 is 0 Å². The van der Waals surface area contributed by atoms with Crippen LogP contribution in [0.3, 0.4) is 0 Å². The van der Waals surface area contributed by atoms with Crippen LogP contribution in [0.5, 0.6) is 0 Å². The number of hydrogen-bond donors (Lipinski definition) is 1. The van der Waals surface area contributed by atoms with Crippen LogP contribution in [0.4, 0.5) is 4.39 Å². The third-order valence-electron chi connectivity index (χ3n) is 2.69. The average molecular weight is 285 g/mol. The highest BCUT2D eigenvalue weighted by atomic mass is 32.2. The zero-order valence-electron chi connectivity index (χ0n) is 11.3. The summed E-state index contributed by atoms with van der Waals surface area (Å²) in [4.78, 5) is 14.3. The van der Waals surface area contributed by atoms with Gasteiger partial charge in [0, 0.05) is 24.1 Å². The molecule has 106 valence electrons. The highest BCUT2D eigenvalue weighted by Gasteiger charge is 2.17. The largest absolute Gasteiger partial charge is 0.396 e. The quantitative estimate of drug-likeness (QED) is 0.783. The van der Waals surface area contributed by atoms with E-state index in [9.17, 15) is 9.18 Å². The number of carbonyl (C=O) groups is 1. The molecule has 0 bridgehead atoms. The van der Waals surface area contributed by atoms with Crippen LogP contribution in [0.15, 0.2) is 29.2 Å². The van der Waals surface area contributed by atoms with Crippen molar-refractivity contribution in [1.29, 1.82) is 0 Å². The standard InChI is InChI=1S/C14H20FNO2S/c1-11(2)16(8-5-9-17)14(18)10-19-13-7-4-3-6-12(13)15/h3-4,6-7,11,17H,5,8-10H2,1-2H3. The molecule has 0 aliphatic carbocycles. The molecule has 0 heterocycles. The zero-order valence-corrected chi connectivity index (χ0v) is 12.1. The molecular weight excluding hydrogens is 265 g/mol. The molecule has 1 rings (SSSR count). The molecule has 1 aromatic carbocycles. The normalized spacial score (nSPS) is 10.8. The Morgan fingerprint density at radius 3 is 2.68 bits per heavy atom. The summed E-state index contributed by atoms with van der Waals surface area (Å²) < 4.78 is 13.4. The molecule has 0 aliphatic rings. The fourth-order valence-electron chi connectivity index (χ4n) is 1.70. The van der Waals surface area contributed by atoms with E-state index in [0.717, 1.165) is 0 Å². The van der Waals surface area contributed by atoms with Crippen molar-refractivity contribution in [2.24, 2.45) is 0 Å². The number of nitrogens with zero attached hydrogens (tertiary/aromatic N) is 1. The first-order chi connectivity index (χ1) is 9.06. The van der Waals surface area contributed by atoms with E-state index in [1.165, 1.54) is 17.8 Å². The van der Waals surface area contributed by atoms with E-state index in [-0.39, 0.29) is 30.1 Å². The first kappa shape index (κ1) is 16.0. The van der Waals surface area contributed by atoms with Gasteiger partial charge in [-0.3, -0.25) is 4.79 Å². The van der Waals surface area contributed by atoms with E-state index < -0.39 is 0 Å². The number of carbonyl (C=O) groups excluding carboxylic acids is 1. The smallest absolute Gasteiger partial charge is 0.233 e. The number of aliphatic hydroxyl groups excluding tert-OH is 1. The first-order valence-corrected chi connectivity index (χ1v) is 7.32. The Balaban J connectivity index is 2.55. The summed E-state index contributed by atoms with van der Waals surface area (Å²) in [5.41, 5.74) is 0. The lowest BCUT2D eigenvalue weighted by Crippen LogP contribution is -2.39. The van der Waals surface area contributed by atoms with Crippen LogP contribution in [-0.4, -0.2) is 40.9 Å². The SMILES string of the molecule is CC(C)N(CCCO)C(=O)CSc1ccccc1F. The minimum absolute atomic E-state index is 0.0308. The van der Waals surface area contributed by atoms with E-state index in [4.69, 9.17) is 5.11 Å². The summed E-state index contributed by atoms with van der Waals surface area (Å²) in [6, 6.07) is 6.52. The topological polar surface area (TPSA) is 40.5 Å². The van der Waals surface area contributed by atoms with Gasteiger partial charge < -0.3 is 10.0 Å². The van der Waals surface area contributed by atoms with Crippen molar-refractivity contribution in [1.82, 2.24) is 4.90 Å². The summed E-state index contributed by atoms with van der Waals surface area (Å²) in [6.07, 6.45) is 0.564. The minimum Gasteiger partial charge on any atom is -0.396 e. The molecule has 1 aromatic rings. The molecule has 0 atom stereocenters. The second-order valence-corrected chi connectivity index (χ2v) is 5.49. The third-order valence-corrected chi connectivity index (χ3v) is 3.72. The molecule has 0 radical (unpaired) electrons. The Bertz CT molecular complexity index is 412. The van der Waals surface area contributed by atoms with E-state index in [0.29, 0.717) is 17.9 Å². The molecule has 0 aromatic heterocycles. The lowest BCUT2D eigenvalue weighted by molar-refractivity contribution is -0.130. The van der Waals surface area contributed by atoms with E-state index in [2.05, 4.69) is 0 Å². The maximum atomic E-state index is 13.4. The summed E-state index contributed by atoms with van der Waals surface area (Å²) in [6.45, 7) is 4.47. The van der Waals surface area contributed by atoms with Gasteiger partial charge in [0.1, 0.15) is 5.82 Å².